The van der Waals surface area contributed by atoms with E-state index in [1.54, 1.807) is 6.07 Å². The van der Waals surface area contributed by atoms with Gasteiger partial charge in [0.25, 0.3) is 0 Å². The molecule has 1 aliphatic rings. The quantitative estimate of drug-likeness (QED) is 0.796. The van der Waals surface area contributed by atoms with Crippen LogP contribution in [0.4, 0.5) is 9.18 Å². The molecule has 1 aliphatic carbocycles. The van der Waals surface area contributed by atoms with Crippen LogP contribution in [0.5, 0.6) is 5.75 Å². The first-order valence-electron chi connectivity index (χ1n) is 7.95. The molecule has 0 spiro atoms. The van der Waals surface area contributed by atoms with Gasteiger partial charge < -0.3 is 20.5 Å². The molecule has 0 bridgehead atoms. The Morgan fingerprint density at radius 1 is 1.35 bits per heavy atom. The highest BCUT2D eigenvalue weighted by Crippen LogP contribution is 2.21. The van der Waals surface area contributed by atoms with E-state index in [4.69, 9.17) is 4.74 Å². The van der Waals surface area contributed by atoms with Crippen LogP contribution in [0.15, 0.2) is 18.2 Å². The summed E-state index contributed by atoms with van der Waals surface area (Å²) in [4.78, 5) is 11.9. The van der Waals surface area contributed by atoms with Crippen LogP contribution in [0.2, 0.25) is 0 Å². The number of carbonyl (C=O) groups is 1. The van der Waals surface area contributed by atoms with Crippen molar-refractivity contribution in [3.05, 3.63) is 29.6 Å². The Kier molecular flexibility index (Phi) is 5.46. The summed E-state index contributed by atoms with van der Waals surface area (Å²) in [7, 11) is 0. The first kappa shape index (κ1) is 17.5. The van der Waals surface area contributed by atoms with Crippen molar-refractivity contribution in [3.8, 4) is 5.75 Å². The number of amides is 1. The summed E-state index contributed by atoms with van der Waals surface area (Å²) in [6.45, 7) is 5.97. The van der Waals surface area contributed by atoms with Crippen LogP contribution in [-0.4, -0.2) is 28.9 Å². The third kappa shape index (κ3) is 5.39. The van der Waals surface area contributed by atoms with E-state index in [2.05, 4.69) is 10.6 Å². The number of ether oxygens (including phenoxy) is 1. The van der Waals surface area contributed by atoms with E-state index in [0.29, 0.717) is 6.54 Å². The molecule has 0 heterocycles. The lowest BCUT2D eigenvalue weighted by Gasteiger charge is -2.25. The number of nitrogens with one attached hydrogen (secondary N) is 2. The van der Waals surface area contributed by atoms with Crippen LogP contribution >= 0.6 is 0 Å². The third-order valence-corrected chi connectivity index (χ3v) is 3.80. The van der Waals surface area contributed by atoms with Crippen LogP contribution in [-0.2, 0) is 11.3 Å². The zero-order valence-corrected chi connectivity index (χ0v) is 13.9. The van der Waals surface area contributed by atoms with Crippen LogP contribution in [0.3, 0.4) is 0 Å². The summed E-state index contributed by atoms with van der Waals surface area (Å²) in [5.41, 5.74) is 0.234. The Bertz CT molecular complexity index is 557. The maximum Gasteiger partial charge on any atom is 0.407 e. The van der Waals surface area contributed by atoms with Gasteiger partial charge in [-0.2, -0.15) is 0 Å². The lowest BCUT2D eigenvalue weighted by molar-refractivity contribution is 0.0498. The third-order valence-electron chi connectivity index (χ3n) is 3.80. The molecule has 128 valence electrons. The Balaban J connectivity index is 1.86. The van der Waals surface area contributed by atoms with Crippen molar-refractivity contribution >= 4 is 6.09 Å². The summed E-state index contributed by atoms with van der Waals surface area (Å²) < 4.78 is 18.6. The molecule has 0 aromatic heterocycles. The molecule has 0 aliphatic heterocycles. The molecular weight excluding hydrogens is 299 g/mol. The van der Waals surface area contributed by atoms with E-state index in [-0.39, 0.29) is 17.8 Å². The first-order chi connectivity index (χ1) is 10.7. The van der Waals surface area contributed by atoms with Crippen molar-refractivity contribution < 1.29 is 19.0 Å². The second-order valence-corrected chi connectivity index (χ2v) is 6.96. The van der Waals surface area contributed by atoms with Gasteiger partial charge in [0.1, 0.15) is 5.60 Å². The monoisotopic (exact) mass is 324 g/mol. The summed E-state index contributed by atoms with van der Waals surface area (Å²) in [6, 6.07) is 4.47. The predicted molar refractivity (Wildman–Crippen MR) is 85.7 cm³/mol. The number of carbonyl (C=O) groups excluding carboxylic acids is 1. The number of hydrogen-bond acceptors (Lipinski definition) is 4. The Hall–Kier alpha value is -1.82. The molecule has 6 heteroatoms. The predicted octanol–water partition coefficient (Wildman–Crippen LogP) is 3.07. The van der Waals surface area contributed by atoms with Crippen molar-refractivity contribution in [2.75, 3.05) is 0 Å². The molecule has 2 rings (SSSR count). The largest absolute Gasteiger partial charge is 0.505 e. The number of alkyl carbamates (subject to hydrolysis) is 1. The number of benzene rings is 1. The van der Waals surface area contributed by atoms with Crippen molar-refractivity contribution in [3.63, 3.8) is 0 Å². The fourth-order valence-corrected chi connectivity index (χ4v) is 2.75. The zero-order chi connectivity index (χ0) is 17.0. The maximum atomic E-state index is 13.3. The molecule has 2 unspecified atom stereocenters. The van der Waals surface area contributed by atoms with Gasteiger partial charge in [0, 0.05) is 18.6 Å². The van der Waals surface area contributed by atoms with E-state index in [9.17, 15) is 14.3 Å². The molecule has 3 N–H and O–H groups in total. The van der Waals surface area contributed by atoms with Gasteiger partial charge in [-0.15, -0.1) is 0 Å². The molecule has 1 aromatic rings. The van der Waals surface area contributed by atoms with Crippen molar-refractivity contribution in [2.24, 2.45) is 0 Å². The van der Waals surface area contributed by atoms with Crippen LogP contribution in [0, 0.1) is 5.82 Å². The molecule has 1 amide bonds. The lowest BCUT2D eigenvalue weighted by atomic mass is 10.1. The summed E-state index contributed by atoms with van der Waals surface area (Å²) in [6.07, 6.45) is 2.44. The second kappa shape index (κ2) is 7.17. The normalized spacial score (nSPS) is 21.2. The van der Waals surface area contributed by atoms with E-state index in [0.717, 1.165) is 24.8 Å². The Morgan fingerprint density at radius 3 is 2.70 bits per heavy atom. The molecule has 1 aromatic carbocycles. The highest BCUT2D eigenvalue weighted by Gasteiger charge is 2.29. The topological polar surface area (TPSA) is 70.6 Å². The number of phenolic OH excluding ortho intramolecular Hbond substituents is 1. The van der Waals surface area contributed by atoms with Crippen LogP contribution in [0.1, 0.15) is 45.6 Å². The van der Waals surface area contributed by atoms with Gasteiger partial charge >= 0.3 is 6.09 Å². The van der Waals surface area contributed by atoms with Crippen molar-refractivity contribution in [2.45, 2.75) is 64.3 Å². The molecule has 2 atom stereocenters. The number of hydrogen-bond donors (Lipinski definition) is 3. The van der Waals surface area contributed by atoms with Gasteiger partial charge in [0.05, 0.1) is 0 Å². The van der Waals surface area contributed by atoms with Gasteiger partial charge in [0.15, 0.2) is 11.6 Å². The minimum Gasteiger partial charge on any atom is -0.505 e. The molecular formula is C17H25FN2O3. The molecule has 0 saturated heterocycles. The number of aromatic hydroxyl groups is 1. The van der Waals surface area contributed by atoms with E-state index < -0.39 is 17.5 Å². The van der Waals surface area contributed by atoms with Gasteiger partial charge in [-0.05, 0) is 57.7 Å². The van der Waals surface area contributed by atoms with Gasteiger partial charge in [-0.3, -0.25) is 0 Å². The average Bonchev–Trinajstić information content (AvgIpc) is 2.85. The smallest absolute Gasteiger partial charge is 0.407 e. The zero-order valence-electron chi connectivity index (χ0n) is 13.9. The van der Waals surface area contributed by atoms with Gasteiger partial charge in [-0.25, -0.2) is 9.18 Å². The van der Waals surface area contributed by atoms with E-state index in [1.165, 1.54) is 12.1 Å². The fraction of sp³-hybridized carbons (Fsp3) is 0.588. The second-order valence-electron chi connectivity index (χ2n) is 6.96. The number of halogens is 1. The Labute approximate surface area is 136 Å². The minimum atomic E-state index is -0.626. The maximum absolute atomic E-state index is 13.3. The van der Waals surface area contributed by atoms with E-state index >= 15 is 0 Å². The molecule has 1 saturated carbocycles. The summed E-state index contributed by atoms with van der Waals surface area (Å²) in [5, 5.41) is 15.4. The highest BCUT2D eigenvalue weighted by atomic mass is 19.1. The van der Waals surface area contributed by atoms with Gasteiger partial charge in [-0.1, -0.05) is 6.07 Å². The lowest BCUT2D eigenvalue weighted by Crippen LogP contribution is -2.47. The minimum absolute atomic E-state index is 0.00631. The molecule has 23 heavy (non-hydrogen) atoms. The van der Waals surface area contributed by atoms with E-state index in [1.807, 2.05) is 20.8 Å². The summed E-state index contributed by atoms with van der Waals surface area (Å²) >= 11 is 0. The van der Waals surface area contributed by atoms with Crippen molar-refractivity contribution in [1.29, 1.82) is 0 Å². The van der Waals surface area contributed by atoms with Crippen LogP contribution < -0.4 is 10.6 Å². The fourth-order valence-electron chi connectivity index (χ4n) is 2.75. The van der Waals surface area contributed by atoms with Gasteiger partial charge in [0.2, 0.25) is 0 Å². The SMILES string of the molecule is CC(C)(C)OC(=O)NC1CCCC1NCc1ccc(O)c(F)c1. The molecule has 0 radical (unpaired) electrons. The molecule has 1 fully saturated rings. The number of rotatable bonds is 4. The van der Waals surface area contributed by atoms with Crippen LogP contribution in [0.25, 0.3) is 0 Å². The Morgan fingerprint density at radius 2 is 2.04 bits per heavy atom. The molecule has 5 nitrogen and oxygen atoms in total. The average molecular weight is 324 g/mol. The highest BCUT2D eigenvalue weighted by molar-refractivity contribution is 5.68. The van der Waals surface area contributed by atoms with Crippen molar-refractivity contribution in [1.82, 2.24) is 10.6 Å². The first-order valence-corrected chi connectivity index (χ1v) is 7.95. The standard InChI is InChI=1S/C17H25FN2O3/c1-17(2,3)23-16(22)20-14-6-4-5-13(14)19-10-11-7-8-15(21)12(18)9-11/h7-9,13-14,19,21H,4-6,10H2,1-3H3,(H,20,22). The number of phenols is 1. The summed E-state index contributed by atoms with van der Waals surface area (Å²) in [5.74, 6) is -0.974.